The molecule has 1 aliphatic heterocycles. The van der Waals surface area contributed by atoms with Crippen molar-refractivity contribution in [1.29, 1.82) is 0 Å². The third-order valence-corrected chi connectivity index (χ3v) is 3.74. The topological polar surface area (TPSA) is 42.4 Å². The van der Waals surface area contributed by atoms with Crippen molar-refractivity contribution in [3.05, 3.63) is 16.1 Å². The number of morpholine rings is 1. The van der Waals surface area contributed by atoms with Crippen LogP contribution in [0.25, 0.3) is 0 Å². The lowest BCUT2D eigenvalue weighted by molar-refractivity contribution is -0.0224. The summed E-state index contributed by atoms with van der Waals surface area (Å²) in [6, 6.07) is 0. The molecule has 1 aliphatic rings. The molecule has 2 rings (SSSR count). The molecule has 1 unspecified atom stereocenters. The predicted molar refractivity (Wildman–Crippen MR) is 62.8 cm³/mol. The van der Waals surface area contributed by atoms with Gasteiger partial charge < -0.3 is 9.64 Å². The molecule has 0 saturated carbocycles. The van der Waals surface area contributed by atoms with Crippen LogP contribution in [0.5, 0.6) is 0 Å². The Labute approximate surface area is 99.2 Å². The van der Waals surface area contributed by atoms with Crippen LogP contribution in [0.3, 0.4) is 0 Å². The van der Waals surface area contributed by atoms with E-state index in [9.17, 15) is 4.79 Å². The Balaban J connectivity index is 2.07. The second kappa shape index (κ2) is 4.93. The second-order valence-electron chi connectivity index (χ2n) is 3.92. The van der Waals surface area contributed by atoms with Crippen molar-refractivity contribution in [2.45, 2.75) is 26.4 Å². The molecule has 1 aromatic heterocycles. The number of nitrogens with zero attached hydrogens (tertiary/aromatic N) is 2. The molecule has 16 heavy (non-hydrogen) atoms. The number of hydrogen-bond donors (Lipinski definition) is 0. The third kappa shape index (κ3) is 2.25. The Morgan fingerprint density at radius 3 is 3.19 bits per heavy atom. The summed E-state index contributed by atoms with van der Waals surface area (Å²) in [4.78, 5) is 18.9. The van der Waals surface area contributed by atoms with E-state index in [0.717, 1.165) is 17.0 Å². The van der Waals surface area contributed by atoms with Gasteiger partial charge in [0, 0.05) is 13.1 Å². The van der Waals surface area contributed by atoms with E-state index in [1.165, 1.54) is 11.3 Å². The van der Waals surface area contributed by atoms with Crippen molar-refractivity contribution in [2.75, 3.05) is 19.7 Å². The Morgan fingerprint density at radius 1 is 1.75 bits per heavy atom. The SMILES string of the molecule is CCC1CN(C(=O)c2scnc2C)CCO1. The van der Waals surface area contributed by atoms with Crippen LogP contribution < -0.4 is 0 Å². The maximum Gasteiger partial charge on any atom is 0.266 e. The molecular weight excluding hydrogens is 224 g/mol. The zero-order valence-corrected chi connectivity index (χ0v) is 10.4. The van der Waals surface area contributed by atoms with E-state index < -0.39 is 0 Å². The normalized spacial score (nSPS) is 21.1. The van der Waals surface area contributed by atoms with Gasteiger partial charge in [0.05, 0.1) is 23.9 Å². The van der Waals surface area contributed by atoms with Crippen molar-refractivity contribution in [2.24, 2.45) is 0 Å². The highest BCUT2D eigenvalue weighted by Gasteiger charge is 2.25. The number of thiazole rings is 1. The first kappa shape index (κ1) is 11.5. The van der Waals surface area contributed by atoms with E-state index >= 15 is 0 Å². The van der Waals surface area contributed by atoms with Crippen molar-refractivity contribution in [3.63, 3.8) is 0 Å². The minimum Gasteiger partial charge on any atom is -0.375 e. The number of carbonyl (C=O) groups excluding carboxylic acids is 1. The molecule has 1 fully saturated rings. The molecule has 0 aliphatic carbocycles. The van der Waals surface area contributed by atoms with Gasteiger partial charge in [-0.1, -0.05) is 6.92 Å². The minimum absolute atomic E-state index is 0.0988. The molecule has 2 heterocycles. The molecule has 5 heteroatoms. The van der Waals surface area contributed by atoms with Crippen LogP contribution in [0.1, 0.15) is 28.7 Å². The molecule has 0 aromatic carbocycles. The highest BCUT2D eigenvalue weighted by atomic mass is 32.1. The number of aromatic nitrogens is 1. The fourth-order valence-electron chi connectivity index (χ4n) is 1.80. The van der Waals surface area contributed by atoms with Gasteiger partial charge in [-0.05, 0) is 13.3 Å². The first-order valence-corrected chi connectivity index (χ1v) is 6.41. The number of hydrogen-bond acceptors (Lipinski definition) is 4. The molecule has 0 radical (unpaired) electrons. The molecule has 1 aromatic rings. The van der Waals surface area contributed by atoms with Gasteiger partial charge in [-0.25, -0.2) is 4.98 Å². The van der Waals surface area contributed by atoms with Crippen molar-refractivity contribution < 1.29 is 9.53 Å². The molecule has 1 amide bonds. The van der Waals surface area contributed by atoms with E-state index in [0.29, 0.717) is 19.7 Å². The third-order valence-electron chi connectivity index (χ3n) is 2.82. The van der Waals surface area contributed by atoms with Crippen molar-refractivity contribution in [3.8, 4) is 0 Å². The summed E-state index contributed by atoms with van der Waals surface area (Å²) in [7, 11) is 0. The Morgan fingerprint density at radius 2 is 2.56 bits per heavy atom. The number of carbonyl (C=O) groups is 1. The van der Waals surface area contributed by atoms with Crippen molar-refractivity contribution in [1.82, 2.24) is 9.88 Å². The van der Waals surface area contributed by atoms with Gasteiger partial charge in [0.2, 0.25) is 0 Å². The number of rotatable bonds is 2. The summed E-state index contributed by atoms with van der Waals surface area (Å²) in [6.07, 6.45) is 1.14. The Kier molecular flexibility index (Phi) is 3.56. The molecule has 1 saturated heterocycles. The fourth-order valence-corrected chi connectivity index (χ4v) is 2.57. The van der Waals surface area contributed by atoms with Gasteiger partial charge in [0.1, 0.15) is 4.88 Å². The summed E-state index contributed by atoms with van der Waals surface area (Å²) < 4.78 is 5.55. The van der Waals surface area contributed by atoms with Crippen molar-refractivity contribution >= 4 is 17.2 Å². The van der Waals surface area contributed by atoms with Gasteiger partial charge in [0.15, 0.2) is 0 Å². The summed E-state index contributed by atoms with van der Waals surface area (Å²) >= 11 is 1.42. The van der Waals surface area contributed by atoms with Gasteiger partial charge in [-0.15, -0.1) is 11.3 Å². The molecule has 1 atom stereocenters. The summed E-state index contributed by atoms with van der Waals surface area (Å²) in [5.74, 6) is 0.0988. The smallest absolute Gasteiger partial charge is 0.266 e. The first-order chi connectivity index (χ1) is 7.72. The average molecular weight is 240 g/mol. The Hall–Kier alpha value is -0.940. The van der Waals surface area contributed by atoms with E-state index in [2.05, 4.69) is 11.9 Å². The standard InChI is InChI=1S/C11H16N2O2S/c1-3-9-6-13(4-5-15-9)11(14)10-8(2)12-7-16-10/h7,9H,3-6H2,1-2H3. The number of ether oxygens (including phenoxy) is 1. The molecule has 0 bridgehead atoms. The monoisotopic (exact) mass is 240 g/mol. The van der Waals surface area contributed by atoms with E-state index in [-0.39, 0.29) is 12.0 Å². The summed E-state index contributed by atoms with van der Waals surface area (Å²) in [5.41, 5.74) is 2.55. The maximum absolute atomic E-state index is 12.2. The van der Waals surface area contributed by atoms with Crippen LogP contribution in [0.4, 0.5) is 0 Å². The quantitative estimate of drug-likeness (QED) is 0.790. The van der Waals surface area contributed by atoms with Gasteiger partial charge in [-0.2, -0.15) is 0 Å². The lowest BCUT2D eigenvalue weighted by Crippen LogP contribution is -2.45. The average Bonchev–Trinajstić information content (AvgIpc) is 2.74. The molecule has 0 spiro atoms. The molecular formula is C11H16N2O2S. The van der Waals surface area contributed by atoms with Crippen LogP contribution in [0.2, 0.25) is 0 Å². The van der Waals surface area contributed by atoms with Crippen LogP contribution in [0, 0.1) is 6.92 Å². The van der Waals surface area contributed by atoms with E-state index in [1.54, 1.807) is 5.51 Å². The summed E-state index contributed by atoms with van der Waals surface area (Å²) in [6.45, 7) is 5.99. The van der Waals surface area contributed by atoms with Gasteiger partial charge >= 0.3 is 0 Å². The maximum atomic E-state index is 12.2. The molecule has 0 N–H and O–H groups in total. The predicted octanol–water partition coefficient (Wildman–Crippen LogP) is 1.70. The zero-order chi connectivity index (χ0) is 11.5. The lowest BCUT2D eigenvalue weighted by Gasteiger charge is -2.32. The second-order valence-corrected chi connectivity index (χ2v) is 4.77. The fraction of sp³-hybridized carbons (Fsp3) is 0.636. The molecule has 4 nitrogen and oxygen atoms in total. The van der Waals surface area contributed by atoms with E-state index in [1.807, 2.05) is 11.8 Å². The molecule has 88 valence electrons. The van der Waals surface area contributed by atoms with Crippen LogP contribution in [-0.2, 0) is 4.74 Å². The highest BCUT2D eigenvalue weighted by Crippen LogP contribution is 2.17. The highest BCUT2D eigenvalue weighted by molar-refractivity contribution is 7.11. The van der Waals surface area contributed by atoms with Gasteiger partial charge in [-0.3, -0.25) is 4.79 Å². The summed E-state index contributed by atoms with van der Waals surface area (Å²) in [5, 5.41) is 0. The largest absolute Gasteiger partial charge is 0.375 e. The number of aryl methyl sites for hydroxylation is 1. The van der Waals surface area contributed by atoms with Gasteiger partial charge in [0.25, 0.3) is 5.91 Å². The van der Waals surface area contributed by atoms with Crippen LogP contribution >= 0.6 is 11.3 Å². The lowest BCUT2D eigenvalue weighted by atomic mass is 10.2. The minimum atomic E-state index is 0.0988. The van der Waals surface area contributed by atoms with E-state index in [4.69, 9.17) is 4.74 Å². The first-order valence-electron chi connectivity index (χ1n) is 5.53. The van der Waals surface area contributed by atoms with Crippen LogP contribution in [-0.4, -0.2) is 41.6 Å². The van der Waals surface area contributed by atoms with Crippen LogP contribution in [0.15, 0.2) is 5.51 Å². The Bertz CT molecular complexity index is 378. The zero-order valence-electron chi connectivity index (χ0n) is 9.60. The number of amides is 1.